The number of hydrogen-bond acceptors (Lipinski definition) is 0. The fourth-order valence-electron chi connectivity index (χ4n) is 2.81. The third-order valence-electron chi connectivity index (χ3n) is 3.63. The lowest BCUT2D eigenvalue weighted by molar-refractivity contribution is 1.78. The van der Waals surface area contributed by atoms with Crippen molar-refractivity contribution in [1.82, 2.24) is 0 Å². The highest BCUT2D eigenvalue weighted by molar-refractivity contribution is 6.33. The summed E-state index contributed by atoms with van der Waals surface area (Å²) in [5, 5.41) is 1.06. The second-order valence-electron chi connectivity index (χ2n) is 4.64. The van der Waals surface area contributed by atoms with E-state index in [4.69, 9.17) is 13.7 Å². The van der Waals surface area contributed by atoms with Crippen LogP contribution in [0, 0.1) is 0 Å². The standard InChI is InChI=1S/C20H12/c1-2-8-16-15(7-1)17-9-3-5-13-11-12-14-6-4-10-18(16)20(14)19(13)17/h1-12H/i1D,3D,4D,5D,6D,7D,9D,10D,11D,12D. The summed E-state index contributed by atoms with van der Waals surface area (Å²) < 4.78 is 83.5. The zero-order valence-electron chi connectivity index (χ0n) is 20.2. The molecule has 5 aromatic carbocycles. The molecule has 0 heteroatoms. The monoisotopic (exact) mass is 262 g/mol. The topological polar surface area (TPSA) is 0 Å². The molecule has 5 aromatic rings. The maximum Gasteiger partial charge on any atom is 0.0629 e. The van der Waals surface area contributed by atoms with Crippen LogP contribution in [-0.4, -0.2) is 0 Å². The van der Waals surface area contributed by atoms with E-state index in [9.17, 15) is 0 Å². The van der Waals surface area contributed by atoms with E-state index in [1.54, 1.807) is 0 Å². The number of hydrogen-bond donors (Lipinski definition) is 0. The molecule has 0 unspecified atom stereocenters. The van der Waals surface area contributed by atoms with Gasteiger partial charge in [0.1, 0.15) is 0 Å². The Morgan fingerprint density at radius 1 is 0.550 bits per heavy atom. The molecule has 0 heterocycles. The van der Waals surface area contributed by atoms with Crippen LogP contribution in [0.4, 0.5) is 0 Å². The summed E-state index contributed by atoms with van der Waals surface area (Å²) in [5.74, 6) is 0. The highest BCUT2D eigenvalue weighted by Gasteiger charge is 2.11. The van der Waals surface area contributed by atoms with Gasteiger partial charge in [-0.3, -0.25) is 0 Å². The highest BCUT2D eigenvalue weighted by atomic mass is 14.1. The third-order valence-corrected chi connectivity index (χ3v) is 3.63. The Morgan fingerprint density at radius 3 is 1.85 bits per heavy atom. The van der Waals surface area contributed by atoms with Crippen LogP contribution in [0.2, 0.25) is 0 Å². The largest absolute Gasteiger partial charge is 0.0629 e. The fourth-order valence-corrected chi connectivity index (χ4v) is 2.81. The zero-order chi connectivity index (χ0) is 21.8. The Hall–Kier alpha value is -2.60. The lowest BCUT2D eigenvalue weighted by Crippen LogP contribution is -1.86. The summed E-state index contributed by atoms with van der Waals surface area (Å²) in [7, 11) is 0. The molecule has 0 N–H and O–H groups in total. The molecule has 0 fully saturated rings. The number of benzene rings is 5. The van der Waals surface area contributed by atoms with E-state index in [1.807, 2.05) is 0 Å². The van der Waals surface area contributed by atoms with Gasteiger partial charge in [0.2, 0.25) is 0 Å². The molecule has 0 spiro atoms. The summed E-state index contributed by atoms with van der Waals surface area (Å²) in [4.78, 5) is 0. The van der Waals surface area contributed by atoms with Crippen LogP contribution >= 0.6 is 0 Å². The van der Waals surface area contributed by atoms with Crippen LogP contribution < -0.4 is 0 Å². The average Bonchev–Trinajstić information content (AvgIpc) is 2.71. The molecule has 0 aliphatic carbocycles. The lowest BCUT2D eigenvalue weighted by atomic mass is 9.89. The molecule has 92 valence electrons. The quantitative estimate of drug-likeness (QED) is 0.247. The van der Waals surface area contributed by atoms with E-state index in [0.29, 0.717) is 5.39 Å². The summed E-state index contributed by atoms with van der Waals surface area (Å²) in [5.41, 5.74) is 0. The fraction of sp³-hybridized carbons (Fsp3) is 0. The molecule has 5 rings (SSSR count). The molecule has 0 saturated carbocycles. The van der Waals surface area contributed by atoms with Crippen molar-refractivity contribution < 1.29 is 13.7 Å². The van der Waals surface area contributed by atoms with Gasteiger partial charge in [0.15, 0.2) is 0 Å². The molecule has 0 aromatic heterocycles. The molecule has 0 aliphatic heterocycles. The molecular weight excluding hydrogens is 240 g/mol. The van der Waals surface area contributed by atoms with Gasteiger partial charge in [-0.1, -0.05) is 72.6 Å². The second kappa shape index (κ2) is 3.49. The van der Waals surface area contributed by atoms with Crippen molar-refractivity contribution in [2.75, 3.05) is 0 Å². The normalized spacial score (nSPS) is 19.0. The van der Waals surface area contributed by atoms with Gasteiger partial charge in [0, 0.05) is 0 Å². The van der Waals surface area contributed by atoms with E-state index in [-0.39, 0.29) is 74.0 Å². The van der Waals surface area contributed by atoms with Gasteiger partial charge in [-0.05, 0) is 43.1 Å². The van der Waals surface area contributed by atoms with Crippen molar-refractivity contribution in [2.45, 2.75) is 0 Å². The first-order chi connectivity index (χ1) is 14.1. The van der Waals surface area contributed by atoms with Gasteiger partial charge >= 0.3 is 0 Å². The van der Waals surface area contributed by atoms with E-state index in [2.05, 4.69) is 0 Å². The van der Waals surface area contributed by atoms with Gasteiger partial charge in [-0.25, -0.2) is 0 Å². The highest BCUT2D eigenvalue weighted by Crippen LogP contribution is 2.40. The predicted octanol–water partition coefficient (Wildman–Crippen LogP) is 5.74. The molecule has 0 amide bonds. The van der Waals surface area contributed by atoms with Crippen LogP contribution in [0.5, 0.6) is 0 Å². The van der Waals surface area contributed by atoms with E-state index in [0.717, 1.165) is 0 Å². The maximum absolute atomic E-state index is 8.50. The zero-order valence-corrected chi connectivity index (χ0v) is 10.2. The van der Waals surface area contributed by atoms with Gasteiger partial charge in [0.05, 0.1) is 13.7 Å². The van der Waals surface area contributed by atoms with Gasteiger partial charge in [-0.2, -0.15) is 0 Å². The van der Waals surface area contributed by atoms with Crippen LogP contribution in [0.15, 0.2) is 72.6 Å². The Morgan fingerprint density at radius 2 is 1.15 bits per heavy atom. The first-order valence-electron chi connectivity index (χ1n) is 11.2. The minimum atomic E-state index is -0.455. The van der Waals surface area contributed by atoms with Crippen molar-refractivity contribution >= 4 is 43.1 Å². The summed E-state index contributed by atoms with van der Waals surface area (Å²) in [6.45, 7) is 0. The van der Waals surface area contributed by atoms with Gasteiger partial charge in [0.25, 0.3) is 0 Å². The second-order valence-corrected chi connectivity index (χ2v) is 4.64. The first-order valence-corrected chi connectivity index (χ1v) is 6.16. The summed E-state index contributed by atoms with van der Waals surface area (Å²) in [6, 6.07) is -0.536. The SMILES string of the molecule is [2H]c1ccc2c(c1[2H])c1c([2H])c([2H])c([2H])c3c([2H])c([2H])c4c([2H])c([2H])c([2H])c2c4c31. The smallest absolute Gasteiger partial charge is 0.0616 e. The first kappa shape index (κ1) is 4.75. The van der Waals surface area contributed by atoms with Gasteiger partial charge < -0.3 is 0 Å². The Bertz CT molecular complexity index is 1590. The van der Waals surface area contributed by atoms with E-state index >= 15 is 0 Å². The predicted molar refractivity (Wildman–Crippen MR) is 87.7 cm³/mol. The molecule has 0 saturated heterocycles. The van der Waals surface area contributed by atoms with E-state index < -0.39 is 24.2 Å². The number of fused-ring (bicyclic) bond motifs is 3. The molecule has 0 bridgehead atoms. The molecule has 0 nitrogen and oxygen atoms in total. The van der Waals surface area contributed by atoms with Crippen LogP contribution in [0.25, 0.3) is 43.1 Å². The average molecular weight is 262 g/mol. The Balaban J connectivity index is 2.41. The minimum absolute atomic E-state index is 0.0200. The molecular formula is C20H12. The van der Waals surface area contributed by atoms with Gasteiger partial charge in [-0.15, -0.1) is 0 Å². The molecule has 20 heavy (non-hydrogen) atoms. The minimum Gasteiger partial charge on any atom is -0.0616 e. The maximum atomic E-state index is 8.50. The Kier molecular flexibility index (Phi) is 0.827. The third kappa shape index (κ3) is 1.12. The number of rotatable bonds is 0. The van der Waals surface area contributed by atoms with Crippen LogP contribution in [-0.2, 0) is 0 Å². The molecule has 0 radical (unpaired) electrons. The van der Waals surface area contributed by atoms with Crippen molar-refractivity contribution in [1.29, 1.82) is 0 Å². The van der Waals surface area contributed by atoms with Crippen molar-refractivity contribution in [3.8, 4) is 0 Å². The van der Waals surface area contributed by atoms with E-state index in [1.165, 1.54) is 12.1 Å². The van der Waals surface area contributed by atoms with Crippen molar-refractivity contribution in [3.05, 3.63) is 72.6 Å². The Labute approximate surface area is 130 Å². The van der Waals surface area contributed by atoms with Crippen molar-refractivity contribution in [2.24, 2.45) is 0 Å². The summed E-state index contributed by atoms with van der Waals surface area (Å²) >= 11 is 0. The molecule has 0 atom stereocenters. The lowest BCUT2D eigenvalue weighted by Gasteiger charge is -2.14. The summed E-state index contributed by atoms with van der Waals surface area (Å²) in [6.07, 6.45) is 0. The van der Waals surface area contributed by atoms with Crippen molar-refractivity contribution in [3.63, 3.8) is 0 Å². The molecule has 0 aliphatic rings. The van der Waals surface area contributed by atoms with Crippen LogP contribution in [0.1, 0.15) is 13.7 Å². The van der Waals surface area contributed by atoms with Crippen LogP contribution in [0.3, 0.4) is 0 Å².